The van der Waals surface area contributed by atoms with E-state index in [0.29, 0.717) is 6.54 Å². The van der Waals surface area contributed by atoms with Gasteiger partial charge < -0.3 is 9.84 Å². The van der Waals surface area contributed by atoms with E-state index in [1.165, 1.54) is 0 Å². The highest BCUT2D eigenvalue weighted by molar-refractivity contribution is 5.90. The maximum atomic E-state index is 11.6. The summed E-state index contributed by atoms with van der Waals surface area (Å²) >= 11 is 0. The molecule has 1 aliphatic heterocycles. The number of carboxylic acid groups (broad SMARTS) is 1. The topological polar surface area (TPSA) is 58.6 Å². The quantitative estimate of drug-likeness (QED) is 0.887. The maximum absolute atomic E-state index is 11.6. The van der Waals surface area contributed by atoms with Gasteiger partial charge in [-0.05, 0) is 29.2 Å². The molecule has 2 N–H and O–H groups in total. The van der Waals surface area contributed by atoms with Gasteiger partial charge in [0.25, 0.3) is 0 Å². The van der Waals surface area contributed by atoms with Crippen LogP contribution in [0, 0.1) is 0 Å². The van der Waals surface area contributed by atoms with Crippen LogP contribution in [0.5, 0.6) is 0 Å². The Hall–Kier alpha value is -1.91. The lowest BCUT2D eigenvalue weighted by Crippen LogP contribution is -2.34. The Bertz CT molecular complexity index is 629. The Morgan fingerprint density at radius 2 is 2.10 bits per heavy atom. The molecule has 0 amide bonds. The fourth-order valence-corrected chi connectivity index (χ4v) is 2.89. The van der Waals surface area contributed by atoms with Gasteiger partial charge >= 0.3 is 5.97 Å². The predicted molar refractivity (Wildman–Crippen MR) is 81.3 cm³/mol. The smallest absolute Gasteiger partial charge is 0.325 e. The zero-order valence-corrected chi connectivity index (χ0v) is 11.8. The van der Waals surface area contributed by atoms with Gasteiger partial charge in [0.1, 0.15) is 6.04 Å². The summed E-state index contributed by atoms with van der Waals surface area (Å²) in [4.78, 5) is 11.6. The number of rotatable bonds is 5. The summed E-state index contributed by atoms with van der Waals surface area (Å²) in [6, 6.07) is 12.9. The highest BCUT2D eigenvalue weighted by atomic mass is 16.5. The molecule has 1 aliphatic rings. The van der Waals surface area contributed by atoms with E-state index in [0.717, 1.165) is 35.8 Å². The molecular weight excluding hydrogens is 266 g/mol. The number of hydrogen-bond donors (Lipinski definition) is 2. The van der Waals surface area contributed by atoms with Crippen molar-refractivity contribution in [2.75, 3.05) is 13.2 Å². The molecule has 1 fully saturated rings. The highest BCUT2D eigenvalue weighted by Gasteiger charge is 2.24. The fraction of sp³-hybridized carbons (Fsp3) is 0.353. The zero-order chi connectivity index (χ0) is 14.7. The first-order valence-corrected chi connectivity index (χ1v) is 7.31. The van der Waals surface area contributed by atoms with Crippen LogP contribution < -0.4 is 5.32 Å². The van der Waals surface area contributed by atoms with Crippen LogP contribution in [0.25, 0.3) is 10.8 Å². The van der Waals surface area contributed by atoms with Gasteiger partial charge in [0.2, 0.25) is 0 Å². The zero-order valence-electron chi connectivity index (χ0n) is 11.8. The second kappa shape index (κ2) is 6.24. The van der Waals surface area contributed by atoms with Gasteiger partial charge in [0.15, 0.2) is 0 Å². The lowest BCUT2D eigenvalue weighted by atomic mass is 9.98. The number of ether oxygens (including phenoxy) is 1. The van der Waals surface area contributed by atoms with E-state index in [9.17, 15) is 9.90 Å². The maximum Gasteiger partial charge on any atom is 0.325 e. The standard InChI is InChI=1S/C17H19NO3/c19-17(20)16(18-11-13-7-4-10-21-13)15-9-3-6-12-5-1-2-8-14(12)15/h1-3,5-6,8-9,13,16,18H,4,7,10-11H2,(H,19,20). The third-order valence-electron chi connectivity index (χ3n) is 3.95. The molecule has 110 valence electrons. The van der Waals surface area contributed by atoms with E-state index in [1.807, 2.05) is 42.5 Å². The van der Waals surface area contributed by atoms with Crippen molar-refractivity contribution in [1.82, 2.24) is 5.32 Å². The Morgan fingerprint density at radius 3 is 2.86 bits per heavy atom. The van der Waals surface area contributed by atoms with Gasteiger partial charge in [0, 0.05) is 13.2 Å². The lowest BCUT2D eigenvalue weighted by Gasteiger charge is -2.19. The highest BCUT2D eigenvalue weighted by Crippen LogP contribution is 2.25. The second-order valence-corrected chi connectivity index (χ2v) is 5.38. The molecule has 0 saturated carbocycles. The van der Waals surface area contributed by atoms with Crippen molar-refractivity contribution in [3.63, 3.8) is 0 Å². The molecule has 3 rings (SSSR count). The van der Waals surface area contributed by atoms with Gasteiger partial charge in [-0.1, -0.05) is 42.5 Å². The monoisotopic (exact) mass is 285 g/mol. The first-order valence-electron chi connectivity index (χ1n) is 7.31. The van der Waals surface area contributed by atoms with Gasteiger partial charge in [-0.2, -0.15) is 0 Å². The summed E-state index contributed by atoms with van der Waals surface area (Å²) in [5.74, 6) is -0.857. The third-order valence-corrected chi connectivity index (χ3v) is 3.95. The average Bonchev–Trinajstić information content (AvgIpc) is 3.01. The minimum absolute atomic E-state index is 0.127. The number of hydrogen-bond acceptors (Lipinski definition) is 3. The molecule has 0 radical (unpaired) electrons. The average molecular weight is 285 g/mol. The number of nitrogens with one attached hydrogen (secondary N) is 1. The first-order chi connectivity index (χ1) is 10.3. The minimum atomic E-state index is -0.857. The molecule has 0 aromatic heterocycles. The van der Waals surface area contributed by atoms with Crippen molar-refractivity contribution in [2.45, 2.75) is 25.0 Å². The van der Waals surface area contributed by atoms with E-state index >= 15 is 0 Å². The van der Waals surface area contributed by atoms with Crippen molar-refractivity contribution in [2.24, 2.45) is 0 Å². The van der Waals surface area contributed by atoms with Gasteiger partial charge in [-0.3, -0.25) is 10.1 Å². The van der Waals surface area contributed by atoms with Crippen LogP contribution in [0.4, 0.5) is 0 Å². The van der Waals surface area contributed by atoms with Crippen molar-refractivity contribution >= 4 is 16.7 Å². The van der Waals surface area contributed by atoms with Crippen LogP contribution in [0.3, 0.4) is 0 Å². The Labute approximate surface area is 123 Å². The molecular formula is C17H19NO3. The van der Waals surface area contributed by atoms with Crippen molar-refractivity contribution in [1.29, 1.82) is 0 Å². The Kier molecular flexibility index (Phi) is 4.18. The summed E-state index contributed by atoms with van der Waals surface area (Å²) in [6.07, 6.45) is 2.18. The largest absolute Gasteiger partial charge is 0.480 e. The number of carboxylic acids is 1. The molecule has 1 saturated heterocycles. The fourth-order valence-electron chi connectivity index (χ4n) is 2.89. The van der Waals surface area contributed by atoms with E-state index in [-0.39, 0.29) is 6.10 Å². The van der Waals surface area contributed by atoms with Crippen molar-refractivity contribution < 1.29 is 14.6 Å². The Morgan fingerprint density at radius 1 is 1.29 bits per heavy atom. The summed E-state index contributed by atoms with van der Waals surface area (Å²) in [6.45, 7) is 1.35. The molecule has 0 aliphatic carbocycles. The molecule has 0 bridgehead atoms. The molecule has 4 nitrogen and oxygen atoms in total. The molecule has 2 aromatic carbocycles. The molecule has 1 heterocycles. The summed E-state index contributed by atoms with van der Waals surface area (Å²) < 4.78 is 5.55. The van der Waals surface area contributed by atoms with E-state index in [2.05, 4.69) is 5.32 Å². The molecule has 4 heteroatoms. The van der Waals surface area contributed by atoms with Crippen LogP contribution in [0.1, 0.15) is 24.4 Å². The Balaban J connectivity index is 1.86. The SMILES string of the molecule is O=C(O)C(NCC1CCCO1)c1cccc2ccccc12. The first kappa shape index (κ1) is 14.0. The second-order valence-electron chi connectivity index (χ2n) is 5.38. The molecule has 2 aromatic rings. The summed E-state index contributed by atoms with van der Waals surface area (Å²) in [5.41, 5.74) is 0.804. The van der Waals surface area contributed by atoms with E-state index in [1.54, 1.807) is 0 Å². The summed E-state index contributed by atoms with van der Waals surface area (Å²) in [5, 5.41) is 14.7. The van der Waals surface area contributed by atoms with Gasteiger partial charge in [0.05, 0.1) is 6.10 Å². The number of aliphatic carboxylic acids is 1. The third kappa shape index (κ3) is 3.06. The predicted octanol–water partition coefficient (Wildman–Crippen LogP) is 2.73. The number of benzene rings is 2. The van der Waals surface area contributed by atoms with Gasteiger partial charge in [-0.15, -0.1) is 0 Å². The van der Waals surface area contributed by atoms with Crippen LogP contribution in [-0.4, -0.2) is 30.3 Å². The molecule has 0 spiro atoms. The van der Waals surface area contributed by atoms with Crippen LogP contribution in [0.2, 0.25) is 0 Å². The van der Waals surface area contributed by atoms with E-state index in [4.69, 9.17) is 4.74 Å². The van der Waals surface area contributed by atoms with Gasteiger partial charge in [-0.25, -0.2) is 0 Å². The number of carbonyl (C=O) groups is 1. The molecule has 21 heavy (non-hydrogen) atoms. The number of fused-ring (bicyclic) bond motifs is 1. The van der Waals surface area contributed by atoms with Crippen LogP contribution >= 0.6 is 0 Å². The minimum Gasteiger partial charge on any atom is -0.480 e. The lowest BCUT2D eigenvalue weighted by molar-refractivity contribution is -0.139. The van der Waals surface area contributed by atoms with Crippen molar-refractivity contribution in [3.8, 4) is 0 Å². The van der Waals surface area contributed by atoms with Crippen LogP contribution in [-0.2, 0) is 9.53 Å². The normalized spacial score (nSPS) is 19.7. The van der Waals surface area contributed by atoms with Crippen molar-refractivity contribution in [3.05, 3.63) is 48.0 Å². The molecule has 2 atom stereocenters. The van der Waals surface area contributed by atoms with Crippen LogP contribution in [0.15, 0.2) is 42.5 Å². The molecule has 2 unspecified atom stereocenters. The van der Waals surface area contributed by atoms with E-state index < -0.39 is 12.0 Å². The summed E-state index contributed by atoms with van der Waals surface area (Å²) in [7, 11) is 0.